The molecule has 0 radical (unpaired) electrons. The minimum absolute atomic E-state index is 0.0801. The summed E-state index contributed by atoms with van der Waals surface area (Å²) in [5.74, 6) is 1.31. The SMILES string of the molecule is COc1cc(CCCO)ccc1OC(CO)C(O)c1cc(OC)c(OC(CO)CO)c(OC)c1. The first kappa shape index (κ1) is 27.5. The molecule has 0 aliphatic heterocycles. The van der Waals surface area contributed by atoms with Crippen molar-refractivity contribution in [3.8, 4) is 28.7 Å². The molecule has 0 spiro atoms. The van der Waals surface area contributed by atoms with Crippen LogP contribution in [0.25, 0.3) is 0 Å². The van der Waals surface area contributed by atoms with E-state index in [1.54, 1.807) is 12.1 Å². The van der Waals surface area contributed by atoms with Crippen LogP contribution in [-0.2, 0) is 6.42 Å². The normalized spacial score (nSPS) is 12.9. The lowest BCUT2D eigenvalue weighted by Gasteiger charge is -2.26. The van der Waals surface area contributed by atoms with E-state index in [2.05, 4.69) is 0 Å². The number of aliphatic hydroxyl groups is 5. The summed E-state index contributed by atoms with van der Waals surface area (Å²) in [5.41, 5.74) is 1.27. The number of hydrogen-bond acceptors (Lipinski definition) is 10. The Kier molecular flexibility index (Phi) is 11.2. The zero-order chi connectivity index (χ0) is 25.1. The number of hydrogen-bond donors (Lipinski definition) is 5. The number of rotatable bonds is 15. The van der Waals surface area contributed by atoms with Gasteiger partial charge in [-0.05, 0) is 48.2 Å². The molecule has 0 fully saturated rings. The van der Waals surface area contributed by atoms with Gasteiger partial charge < -0.3 is 49.2 Å². The van der Waals surface area contributed by atoms with Crippen molar-refractivity contribution in [3.63, 3.8) is 0 Å². The van der Waals surface area contributed by atoms with E-state index in [9.17, 15) is 20.4 Å². The van der Waals surface area contributed by atoms with E-state index in [-0.39, 0.29) is 23.9 Å². The van der Waals surface area contributed by atoms with E-state index in [1.807, 2.05) is 6.07 Å². The van der Waals surface area contributed by atoms with E-state index >= 15 is 0 Å². The summed E-state index contributed by atoms with van der Waals surface area (Å²) in [4.78, 5) is 0. The van der Waals surface area contributed by atoms with Gasteiger partial charge in [-0.1, -0.05) is 6.07 Å². The summed E-state index contributed by atoms with van der Waals surface area (Å²) in [6.45, 7) is -1.27. The molecule has 2 unspecified atom stereocenters. The highest BCUT2D eigenvalue weighted by Crippen LogP contribution is 2.41. The van der Waals surface area contributed by atoms with Crippen molar-refractivity contribution in [2.75, 3.05) is 47.8 Å². The van der Waals surface area contributed by atoms with Gasteiger partial charge in [0, 0.05) is 6.61 Å². The van der Waals surface area contributed by atoms with Crippen LogP contribution >= 0.6 is 0 Å². The van der Waals surface area contributed by atoms with E-state index < -0.39 is 38.1 Å². The molecule has 0 heterocycles. The van der Waals surface area contributed by atoms with Crippen LogP contribution in [0.1, 0.15) is 23.7 Å². The highest BCUT2D eigenvalue weighted by molar-refractivity contribution is 5.54. The molecule has 0 aliphatic carbocycles. The van der Waals surface area contributed by atoms with E-state index in [0.717, 1.165) is 5.56 Å². The predicted octanol–water partition coefficient (Wildman–Crippen LogP) is 0.843. The zero-order valence-corrected chi connectivity index (χ0v) is 19.6. The molecule has 0 saturated carbocycles. The quantitative estimate of drug-likeness (QED) is 0.247. The number of ether oxygens (including phenoxy) is 5. The molecule has 10 nitrogen and oxygen atoms in total. The Morgan fingerprint density at radius 1 is 0.735 bits per heavy atom. The molecule has 34 heavy (non-hydrogen) atoms. The van der Waals surface area contributed by atoms with Crippen LogP contribution in [0.15, 0.2) is 30.3 Å². The van der Waals surface area contributed by atoms with Crippen LogP contribution in [-0.4, -0.2) is 85.5 Å². The van der Waals surface area contributed by atoms with Crippen LogP contribution in [0.5, 0.6) is 28.7 Å². The molecule has 0 amide bonds. The van der Waals surface area contributed by atoms with Gasteiger partial charge in [0.2, 0.25) is 5.75 Å². The maximum absolute atomic E-state index is 11.0. The van der Waals surface area contributed by atoms with Crippen LogP contribution < -0.4 is 23.7 Å². The van der Waals surface area contributed by atoms with E-state index in [4.69, 9.17) is 28.8 Å². The Hall–Kier alpha value is -2.76. The highest BCUT2D eigenvalue weighted by atomic mass is 16.6. The summed E-state index contributed by atoms with van der Waals surface area (Å²) < 4.78 is 27.6. The monoisotopic (exact) mass is 482 g/mol. The first-order valence-electron chi connectivity index (χ1n) is 10.8. The fraction of sp³-hybridized carbons (Fsp3) is 0.500. The van der Waals surface area contributed by atoms with Crippen molar-refractivity contribution in [1.82, 2.24) is 0 Å². The van der Waals surface area contributed by atoms with Gasteiger partial charge in [-0.15, -0.1) is 0 Å². The van der Waals surface area contributed by atoms with Crippen molar-refractivity contribution >= 4 is 0 Å². The molecule has 5 N–H and O–H groups in total. The van der Waals surface area contributed by atoms with Crippen molar-refractivity contribution in [3.05, 3.63) is 41.5 Å². The van der Waals surface area contributed by atoms with Crippen molar-refractivity contribution in [1.29, 1.82) is 0 Å². The van der Waals surface area contributed by atoms with E-state index in [0.29, 0.717) is 29.9 Å². The topological polar surface area (TPSA) is 147 Å². The number of aryl methyl sites for hydroxylation is 1. The average molecular weight is 483 g/mol. The molecule has 190 valence electrons. The van der Waals surface area contributed by atoms with Gasteiger partial charge >= 0.3 is 0 Å². The van der Waals surface area contributed by atoms with Gasteiger partial charge in [0.25, 0.3) is 0 Å². The van der Waals surface area contributed by atoms with Crippen LogP contribution in [0.4, 0.5) is 0 Å². The molecule has 10 heteroatoms. The third kappa shape index (κ3) is 6.87. The van der Waals surface area contributed by atoms with Gasteiger partial charge in [-0.2, -0.15) is 0 Å². The Bertz CT molecular complexity index is 859. The van der Waals surface area contributed by atoms with Gasteiger partial charge in [-0.3, -0.25) is 0 Å². The van der Waals surface area contributed by atoms with Crippen LogP contribution in [0.2, 0.25) is 0 Å². The molecule has 2 rings (SSSR count). The molecular weight excluding hydrogens is 448 g/mol. The highest BCUT2D eigenvalue weighted by Gasteiger charge is 2.27. The Morgan fingerprint density at radius 2 is 1.35 bits per heavy atom. The van der Waals surface area contributed by atoms with Crippen molar-refractivity contribution < 1.29 is 49.2 Å². The molecule has 0 bridgehead atoms. The minimum atomic E-state index is -1.29. The average Bonchev–Trinajstić information content (AvgIpc) is 2.88. The first-order valence-corrected chi connectivity index (χ1v) is 10.8. The second-order valence-electron chi connectivity index (χ2n) is 7.46. The van der Waals surface area contributed by atoms with Gasteiger partial charge in [-0.25, -0.2) is 0 Å². The Morgan fingerprint density at radius 3 is 1.85 bits per heavy atom. The molecule has 2 aromatic carbocycles. The van der Waals surface area contributed by atoms with Crippen molar-refractivity contribution in [2.45, 2.75) is 31.2 Å². The van der Waals surface area contributed by atoms with Gasteiger partial charge in [0.1, 0.15) is 12.2 Å². The maximum Gasteiger partial charge on any atom is 0.204 e. The summed E-state index contributed by atoms with van der Waals surface area (Å²) in [6.07, 6.45) is -1.95. The summed E-state index contributed by atoms with van der Waals surface area (Å²) >= 11 is 0. The molecule has 0 saturated heterocycles. The maximum atomic E-state index is 11.0. The fourth-order valence-corrected chi connectivity index (χ4v) is 3.31. The summed E-state index contributed by atoms with van der Waals surface area (Å²) in [5, 5.41) is 48.6. The third-order valence-corrected chi connectivity index (χ3v) is 5.18. The second-order valence-corrected chi connectivity index (χ2v) is 7.46. The van der Waals surface area contributed by atoms with Gasteiger partial charge in [0.15, 0.2) is 29.1 Å². The molecule has 2 aromatic rings. The Labute approximate surface area is 198 Å². The van der Waals surface area contributed by atoms with Gasteiger partial charge in [0.05, 0.1) is 41.2 Å². The molecular formula is C24H34O10. The number of benzene rings is 2. The zero-order valence-electron chi connectivity index (χ0n) is 19.6. The van der Waals surface area contributed by atoms with Crippen molar-refractivity contribution in [2.24, 2.45) is 0 Å². The summed E-state index contributed by atoms with van der Waals surface area (Å²) in [7, 11) is 4.28. The lowest BCUT2D eigenvalue weighted by Crippen LogP contribution is -2.29. The molecule has 2 atom stereocenters. The Balaban J connectivity index is 2.32. The number of methoxy groups -OCH3 is 3. The smallest absolute Gasteiger partial charge is 0.204 e. The van der Waals surface area contributed by atoms with E-state index in [1.165, 1.54) is 33.5 Å². The van der Waals surface area contributed by atoms with Crippen LogP contribution in [0, 0.1) is 0 Å². The summed E-state index contributed by atoms with van der Waals surface area (Å²) in [6, 6.07) is 8.28. The standard InChI is InChI=1S/C24H34O10/c1-30-19-9-15(5-4-8-25)6-7-18(19)34-22(14-28)23(29)16-10-20(31-2)24(21(11-16)32-3)33-17(12-26)13-27/h6-7,9-11,17,22-23,25-29H,4-5,8,12-14H2,1-3H3. The lowest BCUT2D eigenvalue weighted by molar-refractivity contribution is -0.000723. The molecule has 0 aliphatic rings. The van der Waals surface area contributed by atoms with Crippen LogP contribution in [0.3, 0.4) is 0 Å². The number of aliphatic hydroxyl groups excluding tert-OH is 5. The first-order chi connectivity index (χ1) is 16.5. The fourth-order valence-electron chi connectivity index (χ4n) is 3.31. The third-order valence-electron chi connectivity index (χ3n) is 5.18. The predicted molar refractivity (Wildman–Crippen MR) is 123 cm³/mol. The largest absolute Gasteiger partial charge is 0.493 e. The minimum Gasteiger partial charge on any atom is -0.493 e. The lowest BCUT2D eigenvalue weighted by atomic mass is 10.0. The molecule has 0 aromatic heterocycles. The second kappa shape index (κ2) is 13.8.